The van der Waals surface area contributed by atoms with Crippen molar-refractivity contribution < 1.29 is 9.84 Å². The summed E-state index contributed by atoms with van der Waals surface area (Å²) in [4.78, 5) is 15.4. The van der Waals surface area contributed by atoms with E-state index in [1.807, 2.05) is 42.5 Å². The molecule has 0 fully saturated rings. The van der Waals surface area contributed by atoms with Crippen molar-refractivity contribution in [2.24, 2.45) is 0 Å². The Labute approximate surface area is 167 Å². The van der Waals surface area contributed by atoms with Crippen LogP contribution in [0.5, 0.6) is 17.2 Å². The van der Waals surface area contributed by atoms with Gasteiger partial charge in [0.25, 0.3) is 5.56 Å². The van der Waals surface area contributed by atoms with Crippen LogP contribution >= 0.6 is 0 Å². The smallest absolute Gasteiger partial charge is 0.260 e. The number of nitrogens with zero attached hydrogens (tertiary/aromatic N) is 1. The van der Waals surface area contributed by atoms with Crippen molar-refractivity contribution in [2.45, 2.75) is 0 Å². The standard InChI is InChI=1S/C24H16N2O3/c25-15-20-22(26-24(28)21(23(20)27)16-7-3-1-4-8-16)17-11-13-19(14-12-17)29-18-9-5-2-6-10-18/h1-14H,(H2,26,27,28). The van der Waals surface area contributed by atoms with Gasteiger partial charge >= 0.3 is 0 Å². The first kappa shape index (κ1) is 18.1. The summed E-state index contributed by atoms with van der Waals surface area (Å²) in [5.41, 5.74) is 1.03. The number of ether oxygens (including phenoxy) is 1. The molecule has 5 nitrogen and oxygen atoms in total. The van der Waals surface area contributed by atoms with Crippen molar-refractivity contribution >= 4 is 0 Å². The van der Waals surface area contributed by atoms with Crippen LogP contribution in [0.2, 0.25) is 0 Å². The molecule has 0 saturated carbocycles. The SMILES string of the molecule is N#Cc1c(-c2ccc(Oc3ccccc3)cc2)[nH]c(=O)c(-c2ccccc2)c1O. The fourth-order valence-corrected chi connectivity index (χ4v) is 3.10. The van der Waals surface area contributed by atoms with Crippen molar-refractivity contribution in [1.29, 1.82) is 5.26 Å². The maximum atomic E-state index is 12.7. The first-order valence-electron chi connectivity index (χ1n) is 8.95. The van der Waals surface area contributed by atoms with E-state index in [-0.39, 0.29) is 22.6 Å². The second-order valence-corrected chi connectivity index (χ2v) is 6.35. The number of benzene rings is 3. The average Bonchev–Trinajstić information content (AvgIpc) is 2.75. The molecule has 0 radical (unpaired) electrons. The highest BCUT2D eigenvalue weighted by molar-refractivity contribution is 5.79. The number of hydrogen-bond donors (Lipinski definition) is 2. The van der Waals surface area contributed by atoms with Gasteiger partial charge in [0.15, 0.2) is 0 Å². The van der Waals surface area contributed by atoms with Gasteiger partial charge in [0.2, 0.25) is 0 Å². The highest BCUT2D eigenvalue weighted by Crippen LogP contribution is 2.34. The first-order chi connectivity index (χ1) is 14.2. The van der Waals surface area contributed by atoms with E-state index >= 15 is 0 Å². The molecular formula is C24H16N2O3. The molecule has 0 aliphatic rings. The normalized spacial score (nSPS) is 10.3. The lowest BCUT2D eigenvalue weighted by Gasteiger charge is -2.11. The Hall–Kier alpha value is -4.30. The Morgan fingerprint density at radius 3 is 2.00 bits per heavy atom. The van der Waals surface area contributed by atoms with Crippen LogP contribution in [0.15, 0.2) is 89.7 Å². The maximum Gasteiger partial charge on any atom is 0.260 e. The van der Waals surface area contributed by atoms with Crippen LogP contribution in [0, 0.1) is 11.3 Å². The van der Waals surface area contributed by atoms with Gasteiger partial charge in [-0.3, -0.25) is 4.79 Å². The summed E-state index contributed by atoms with van der Waals surface area (Å²) < 4.78 is 5.76. The molecule has 0 aliphatic heterocycles. The summed E-state index contributed by atoms with van der Waals surface area (Å²) in [6.07, 6.45) is 0. The molecule has 0 bridgehead atoms. The van der Waals surface area contributed by atoms with E-state index in [1.165, 1.54) is 0 Å². The van der Waals surface area contributed by atoms with Gasteiger partial charge in [-0.2, -0.15) is 5.26 Å². The molecule has 3 aromatic carbocycles. The zero-order chi connectivity index (χ0) is 20.2. The lowest BCUT2D eigenvalue weighted by Crippen LogP contribution is -2.12. The van der Waals surface area contributed by atoms with Gasteiger partial charge in [-0.05, 0) is 47.5 Å². The average molecular weight is 380 g/mol. The van der Waals surface area contributed by atoms with Crippen molar-refractivity contribution in [2.75, 3.05) is 0 Å². The lowest BCUT2D eigenvalue weighted by atomic mass is 9.99. The van der Waals surface area contributed by atoms with E-state index in [4.69, 9.17) is 4.74 Å². The minimum absolute atomic E-state index is 0.0141. The fraction of sp³-hybridized carbons (Fsp3) is 0. The minimum atomic E-state index is -0.465. The number of aromatic amines is 1. The number of aromatic nitrogens is 1. The molecule has 5 heteroatoms. The van der Waals surface area contributed by atoms with Crippen molar-refractivity contribution in [3.8, 4) is 45.7 Å². The van der Waals surface area contributed by atoms with E-state index in [1.54, 1.807) is 48.5 Å². The van der Waals surface area contributed by atoms with Gasteiger partial charge in [0.1, 0.15) is 28.9 Å². The van der Waals surface area contributed by atoms with E-state index in [9.17, 15) is 15.2 Å². The molecule has 0 saturated heterocycles. The minimum Gasteiger partial charge on any atom is -0.506 e. The van der Waals surface area contributed by atoms with Gasteiger partial charge in [0.05, 0.1) is 11.3 Å². The Morgan fingerprint density at radius 2 is 1.38 bits per heavy atom. The largest absolute Gasteiger partial charge is 0.506 e. The van der Waals surface area contributed by atoms with Crippen LogP contribution in [0.1, 0.15) is 5.56 Å². The maximum absolute atomic E-state index is 12.7. The summed E-state index contributed by atoms with van der Waals surface area (Å²) in [6, 6.07) is 27.1. The van der Waals surface area contributed by atoms with Crippen molar-refractivity contribution in [1.82, 2.24) is 4.98 Å². The molecule has 0 aliphatic carbocycles. The molecule has 0 atom stereocenters. The molecule has 29 heavy (non-hydrogen) atoms. The summed E-state index contributed by atoms with van der Waals surface area (Å²) in [5.74, 6) is 0.990. The summed E-state index contributed by atoms with van der Waals surface area (Å²) >= 11 is 0. The van der Waals surface area contributed by atoms with Gasteiger partial charge in [-0.1, -0.05) is 48.5 Å². The van der Waals surface area contributed by atoms with Crippen LogP contribution in [0.4, 0.5) is 0 Å². The second kappa shape index (κ2) is 7.75. The Bertz CT molecular complexity index is 1240. The van der Waals surface area contributed by atoms with Gasteiger partial charge in [-0.15, -0.1) is 0 Å². The van der Waals surface area contributed by atoms with Crippen LogP contribution in [-0.2, 0) is 0 Å². The predicted octanol–water partition coefficient (Wildman–Crippen LogP) is 5.08. The number of rotatable bonds is 4. The highest BCUT2D eigenvalue weighted by atomic mass is 16.5. The molecule has 0 spiro atoms. The lowest BCUT2D eigenvalue weighted by molar-refractivity contribution is 0.474. The fourth-order valence-electron chi connectivity index (χ4n) is 3.10. The molecule has 0 amide bonds. The molecule has 4 aromatic rings. The Kier molecular flexibility index (Phi) is 4.83. The summed E-state index contributed by atoms with van der Waals surface area (Å²) in [6.45, 7) is 0. The molecule has 2 N–H and O–H groups in total. The third-order valence-corrected chi connectivity index (χ3v) is 4.49. The van der Waals surface area contributed by atoms with Crippen LogP contribution in [0.3, 0.4) is 0 Å². The number of H-pyrrole nitrogens is 1. The van der Waals surface area contributed by atoms with Crippen LogP contribution < -0.4 is 10.3 Å². The Balaban J connectivity index is 1.74. The quantitative estimate of drug-likeness (QED) is 0.517. The molecule has 4 rings (SSSR count). The summed E-state index contributed by atoms with van der Waals surface area (Å²) in [7, 11) is 0. The number of nitrogens with one attached hydrogen (secondary N) is 1. The number of para-hydroxylation sites is 1. The number of pyridine rings is 1. The second-order valence-electron chi connectivity index (χ2n) is 6.35. The van der Waals surface area contributed by atoms with E-state index < -0.39 is 5.56 Å². The molecule has 0 unspecified atom stereocenters. The van der Waals surface area contributed by atoms with E-state index in [0.717, 1.165) is 0 Å². The van der Waals surface area contributed by atoms with Gasteiger partial charge in [-0.25, -0.2) is 0 Å². The zero-order valence-corrected chi connectivity index (χ0v) is 15.3. The molecular weight excluding hydrogens is 364 g/mol. The highest BCUT2D eigenvalue weighted by Gasteiger charge is 2.19. The third kappa shape index (κ3) is 3.60. The van der Waals surface area contributed by atoms with Crippen LogP contribution in [0.25, 0.3) is 22.4 Å². The molecule has 1 heterocycles. The summed E-state index contributed by atoms with van der Waals surface area (Å²) in [5, 5.41) is 20.3. The van der Waals surface area contributed by atoms with Gasteiger partial charge in [0, 0.05) is 0 Å². The van der Waals surface area contributed by atoms with Crippen molar-refractivity contribution in [3.05, 3.63) is 101 Å². The Morgan fingerprint density at radius 1 is 0.793 bits per heavy atom. The van der Waals surface area contributed by atoms with Gasteiger partial charge < -0.3 is 14.8 Å². The monoisotopic (exact) mass is 380 g/mol. The van der Waals surface area contributed by atoms with Crippen molar-refractivity contribution in [3.63, 3.8) is 0 Å². The zero-order valence-electron chi connectivity index (χ0n) is 15.3. The van der Waals surface area contributed by atoms with E-state index in [2.05, 4.69) is 4.98 Å². The number of aromatic hydroxyl groups is 1. The topological polar surface area (TPSA) is 86.1 Å². The molecule has 140 valence electrons. The predicted molar refractivity (Wildman–Crippen MR) is 111 cm³/mol. The third-order valence-electron chi connectivity index (χ3n) is 4.49. The number of hydrogen-bond acceptors (Lipinski definition) is 4. The molecule has 1 aromatic heterocycles. The van der Waals surface area contributed by atoms with E-state index in [0.29, 0.717) is 22.6 Å². The first-order valence-corrected chi connectivity index (χ1v) is 8.95. The van der Waals surface area contributed by atoms with Crippen LogP contribution in [-0.4, -0.2) is 10.1 Å². The number of nitriles is 1.